The minimum Gasteiger partial charge on any atom is -0.376 e. The van der Waals surface area contributed by atoms with Crippen LogP contribution in [0.2, 0.25) is 0 Å². The van der Waals surface area contributed by atoms with Gasteiger partial charge in [0.15, 0.2) is 5.82 Å². The van der Waals surface area contributed by atoms with Crippen LogP contribution in [0.3, 0.4) is 0 Å². The van der Waals surface area contributed by atoms with E-state index in [9.17, 15) is 0 Å². The molecule has 22 heavy (non-hydrogen) atoms. The summed E-state index contributed by atoms with van der Waals surface area (Å²) in [5, 5.41) is 11.4. The van der Waals surface area contributed by atoms with Gasteiger partial charge < -0.3 is 15.0 Å². The van der Waals surface area contributed by atoms with E-state index < -0.39 is 0 Å². The molecule has 2 aliphatic rings. The van der Waals surface area contributed by atoms with Crippen molar-refractivity contribution in [3.63, 3.8) is 0 Å². The Labute approximate surface area is 129 Å². The van der Waals surface area contributed by atoms with E-state index in [-0.39, 0.29) is 6.10 Å². The lowest BCUT2D eigenvalue weighted by molar-refractivity contribution is 0.120. The molecule has 1 N–H and O–H groups in total. The number of nitrogens with zero attached hydrogens (tertiary/aromatic N) is 4. The predicted octanol–water partition coefficient (Wildman–Crippen LogP) is 2.16. The lowest BCUT2D eigenvalue weighted by Crippen LogP contribution is -2.21. The zero-order valence-electron chi connectivity index (χ0n) is 12.4. The van der Waals surface area contributed by atoms with Gasteiger partial charge in [-0.25, -0.2) is 0 Å². The van der Waals surface area contributed by atoms with Crippen molar-refractivity contribution in [2.75, 3.05) is 29.9 Å². The summed E-state index contributed by atoms with van der Waals surface area (Å²) in [5.74, 6) is 1.41. The van der Waals surface area contributed by atoms with E-state index in [4.69, 9.17) is 4.74 Å². The van der Waals surface area contributed by atoms with Crippen LogP contribution in [0, 0.1) is 0 Å². The first-order chi connectivity index (χ1) is 10.9. The van der Waals surface area contributed by atoms with Crippen molar-refractivity contribution in [1.29, 1.82) is 0 Å². The van der Waals surface area contributed by atoms with Crippen LogP contribution in [-0.2, 0) is 11.2 Å². The molecule has 0 radical (unpaired) electrons. The van der Waals surface area contributed by atoms with Crippen molar-refractivity contribution in [3.8, 4) is 0 Å². The van der Waals surface area contributed by atoms with Crippen LogP contribution in [0.15, 0.2) is 30.5 Å². The first-order valence-electron chi connectivity index (χ1n) is 7.81. The lowest BCUT2D eigenvalue weighted by atomic mass is 10.2. The van der Waals surface area contributed by atoms with E-state index in [1.54, 1.807) is 6.20 Å². The summed E-state index contributed by atoms with van der Waals surface area (Å²) in [7, 11) is 0. The number of nitrogens with one attached hydrogen (secondary N) is 1. The maximum absolute atomic E-state index is 5.60. The second-order valence-electron chi connectivity index (χ2n) is 5.68. The van der Waals surface area contributed by atoms with Gasteiger partial charge in [0.1, 0.15) is 0 Å². The molecule has 2 aromatic rings. The summed E-state index contributed by atoms with van der Waals surface area (Å²) >= 11 is 0. The Morgan fingerprint density at radius 3 is 3.18 bits per heavy atom. The summed E-state index contributed by atoms with van der Waals surface area (Å²) < 4.78 is 5.60. The molecule has 1 unspecified atom stereocenters. The molecule has 2 aliphatic heterocycles. The number of anilines is 3. The molecule has 0 bridgehead atoms. The van der Waals surface area contributed by atoms with Gasteiger partial charge in [-0.15, -0.1) is 5.10 Å². The van der Waals surface area contributed by atoms with E-state index in [0.717, 1.165) is 44.8 Å². The second-order valence-corrected chi connectivity index (χ2v) is 5.68. The van der Waals surface area contributed by atoms with Gasteiger partial charge in [0.2, 0.25) is 5.95 Å². The van der Waals surface area contributed by atoms with E-state index in [0.29, 0.717) is 5.95 Å². The highest BCUT2D eigenvalue weighted by Gasteiger charge is 2.22. The van der Waals surface area contributed by atoms with Crippen molar-refractivity contribution in [3.05, 3.63) is 36.0 Å². The molecule has 0 amide bonds. The third-order valence-corrected chi connectivity index (χ3v) is 4.22. The van der Waals surface area contributed by atoms with Gasteiger partial charge in [-0.1, -0.05) is 18.2 Å². The minimum absolute atomic E-state index is 0.264. The maximum Gasteiger partial charge on any atom is 0.244 e. The maximum atomic E-state index is 5.60. The Morgan fingerprint density at radius 1 is 1.32 bits per heavy atom. The fourth-order valence-electron chi connectivity index (χ4n) is 3.09. The number of rotatable bonds is 4. The third-order valence-electron chi connectivity index (χ3n) is 4.22. The molecule has 1 saturated heterocycles. The Hall–Kier alpha value is -2.21. The summed E-state index contributed by atoms with van der Waals surface area (Å²) in [6.07, 6.45) is 5.26. The van der Waals surface area contributed by atoms with Crippen LogP contribution in [0.25, 0.3) is 0 Å². The number of benzene rings is 1. The number of ether oxygens (including phenoxy) is 1. The van der Waals surface area contributed by atoms with Gasteiger partial charge in [0.25, 0.3) is 0 Å². The summed E-state index contributed by atoms with van der Waals surface area (Å²) in [6.45, 7) is 2.53. The molecule has 0 aliphatic carbocycles. The van der Waals surface area contributed by atoms with Crippen molar-refractivity contribution in [2.24, 2.45) is 0 Å². The van der Waals surface area contributed by atoms with Crippen molar-refractivity contribution >= 4 is 17.5 Å². The van der Waals surface area contributed by atoms with Crippen LogP contribution in [-0.4, -0.2) is 41.0 Å². The normalized spacial score (nSPS) is 20.2. The first kappa shape index (κ1) is 13.5. The summed E-state index contributed by atoms with van der Waals surface area (Å²) in [5.41, 5.74) is 2.57. The summed E-state index contributed by atoms with van der Waals surface area (Å²) in [4.78, 5) is 6.80. The zero-order chi connectivity index (χ0) is 14.8. The molecule has 3 heterocycles. The molecule has 1 aromatic heterocycles. The van der Waals surface area contributed by atoms with Gasteiger partial charge in [0.05, 0.1) is 12.3 Å². The average Bonchev–Trinajstić information content (AvgIpc) is 3.23. The lowest BCUT2D eigenvalue weighted by Gasteiger charge is -2.18. The van der Waals surface area contributed by atoms with Crippen molar-refractivity contribution in [2.45, 2.75) is 25.4 Å². The Bertz CT molecular complexity index is 656. The Balaban J connectivity index is 1.50. The monoisotopic (exact) mass is 297 g/mol. The standard InChI is InChI=1S/C16H19N5O/c1-2-6-14-12(4-1)7-8-21(14)15-11-18-20-16(19-15)17-10-13-5-3-9-22-13/h1-2,4,6,11,13H,3,5,7-10H2,(H,17,19,20). The molecule has 0 spiro atoms. The number of para-hydroxylation sites is 1. The first-order valence-corrected chi connectivity index (χ1v) is 7.81. The molecule has 6 nitrogen and oxygen atoms in total. The number of fused-ring (bicyclic) bond motifs is 1. The highest BCUT2D eigenvalue weighted by molar-refractivity contribution is 5.67. The fraction of sp³-hybridized carbons (Fsp3) is 0.438. The molecular weight excluding hydrogens is 278 g/mol. The van der Waals surface area contributed by atoms with Gasteiger partial charge in [-0.05, 0) is 30.9 Å². The molecule has 114 valence electrons. The van der Waals surface area contributed by atoms with E-state index in [1.807, 2.05) is 0 Å². The second kappa shape index (κ2) is 5.88. The number of aromatic nitrogens is 3. The third kappa shape index (κ3) is 2.62. The molecule has 4 rings (SSSR count). The average molecular weight is 297 g/mol. The van der Waals surface area contributed by atoms with Crippen molar-refractivity contribution in [1.82, 2.24) is 15.2 Å². The van der Waals surface area contributed by atoms with E-state index in [2.05, 4.69) is 49.7 Å². The summed E-state index contributed by atoms with van der Waals surface area (Å²) in [6, 6.07) is 8.43. The Morgan fingerprint density at radius 2 is 2.27 bits per heavy atom. The fourth-order valence-corrected chi connectivity index (χ4v) is 3.09. The molecule has 1 aromatic carbocycles. The van der Waals surface area contributed by atoms with Gasteiger partial charge in [-0.2, -0.15) is 10.1 Å². The molecule has 0 saturated carbocycles. The smallest absolute Gasteiger partial charge is 0.244 e. The topological polar surface area (TPSA) is 63.2 Å². The molecule has 1 fully saturated rings. The van der Waals surface area contributed by atoms with Gasteiger partial charge in [0, 0.05) is 25.4 Å². The zero-order valence-corrected chi connectivity index (χ0v) is 12.4. The van der Waals surface area contributed by atoms with Crippen LogP contribution < -0.4 is 10.2 Å². The molecular formula is C16H19N5O. The van der Waals surface area contributed by atoms with Gasteiger partial charge in [-0.3, -0.25) is 0 Å². The SMILES string of the molecule is c1ccc2c(c1)CCN2c1cnnc(NCC2CCCO2)n1. The van der Waals surface area contributed by atoms with Gasteiger partial charge >= 0.3 is 0 Å². The molecule has 1 atom stereocenters. The predicted molar refractivity (Wildman–Crippen MR) is 84.4 cm³/mol. The van der Waals surface area contributed by atoms with E-state index in [1.165, 1.54) is 11.3 Å². The van der Waals surface area contributed by atoms with Crippen LogP contribution in [0.1, 0.15) is 18.4 Å². The van der Waals surface area contributed by atoms with Crippen LogP contribution in [0.4, 0.5) is 17.5 Å². The van der Waals surface area contributed by atoms with E-state index >= 15 is 0 Å². The van der Waals surface area contributed by atoms with Crippen molar-refractivity contribution < 1.29 is 4.74 Å². The number of hydrogen-bond donors (Lipinski definition) is 1. The quantitative estimate of drug-likeness (QED) is 0.933. The largest absolute Gasteiger partial charge is 0.376 e. The van der Waals surface area contributed by atoms with Crippen LogP contribution >= 0.6 is 0 Å². The number of hydrogen-bond acceptors (Lipinski definition) is 6. The highest BCUT2D eigenvalue weighted by Crippen LogP contribution is 2.32. The molecule has 6 heteroatoms. The minimum atomic E-state index is 0.264. The Kier molecular flexibility index (Phi) is 3.60. The highest BCUT2D eigenvalue weighted by atomic mass is 16.5. The van der Waals surface area contributed by atoms with Crippen LogP contribution in [0.5, 0.6) is 0 Å².